The van der Waals surface area contributed by atoms with E-state index >= 15 is 0 Å². The van der Waals surface area contributed by atoms with E-state index in [2.05, 4.69) is 5.32 Å². The van der Waals surface area contributed by atoms with Gasteiger partial charge in [0.2, 0.25) is 0 Å². The van der Waals surface area contributed by atoms with Crippen LogP contribution in [0.25, 0.3) is 0 Å². The first-order valence-corrected chi connectivity index (χ1v) is 6.05. The number of rotatable bonds is 1. The molecule has 0 bridgehead atoms. The Kier molecular flexibility index (Phi) is 2.42. The highest BCUT2D eigenvalue weighted by Gasteiger charge is 2.33. The Hall–Kier alpha value is -1.71. The quantitative estimate of drug-likeness (QED) is 0.782. The van der Waals surface area contributed by atoms with Gasteiger partial charge in [-0.05, 0) is 31.4 Å². The van der Waals surface area contributed by atoms with Gasteiger partial charge in [-0.3, -0.25) is 0 Å². The number of benzene rings is 1. The zero-order chi connectivity index (χ0) is 11.8. The van der Waals surface area contributed by atoms with E-state index in [9.17, 15) is 4.79 Å². The Bertz CT molecular complexity index is 458. The second-order valence-corrected chi connectivity index (χ2v) is 4.68. The lowest BCUT2D eigenvalue weighted by molar-refractivity contribution is 0.0681. The summed E-state index contributed by atoms with van der Waals surface area (Å²) in [7, 11) is 0. The summed E-state index contributed by atoms with van der Waals surface area (Å²) in [6, 6.07) is 5.56. The topological polar surface area (TPSA) is 58.6 Å². The molecular weight excluding hydrogens is 218 g/mol. The maximum absolute atomic E-state index is 11.1. The fourth-order valence-electron chi connectivity index (χ4n) is 2.70. The maximum atomic E-state index is 11.1. The Labute approximate surface area is 99.6 Å². The van der Waals surface area contributed by atoms with Gasteiger partial charge < -0.3 is 15.2 Å². The largest absolute Gasteiger partial charge is 0.485 e. The van der Waals surface area contributed by atoms with E-state index in [0.717, 1.165) is 24.9 Å². The van der Waals surface area contributed by atoms with Gasteiger partial charge in [0.05, 0.1) is 11.7 Å². The highest BCUT2D eigenvalue weighted by Crippen LogP contribution is 2.38. The number of carboxylic acids is 1. The Morgan fingerprint density at radius 3 is 3.00 bits per heavy atom. The molecule has 90 valence electrons. The standard InChI is InChI=1S/C13H15NO3/c15-13(16)8-4-3-6-10-12(8)17-11-7-2-1-5-9(11)14-10/h3-4,6,9,11,14H,1-2,5,7H2,(H,15,16). The molecule has 1 fully saturated rings. The van der Waals surface area contributed by atoms with E-state index in [1.807, 2.05) is 6.07 Å². The lowest BCUT2D eigenvalue weighted by Crippen LogP contribution is -2.43. The van der Waals surface area contributed by atoms with Gasteiger partial charge in [-0.2, -0.15) is 0 Å². The molecule has 0 radical (unpaired) electrons. The van der Waals surface area contributed by atoms with Crippen LogP contribution in [0.15, 0.2) is 18.2 Å². The summed E-state index contributed by atoms with van der Waals surface area (Å²) in [5.74, 6) is -0.430. The fraction of sp³-hybridized carbons (Fsp3) is 0.462. The molecule has 17 heavy (non-hydrogen) atoms. The van der Waals surface area contributed by atoms with E-state index < -0.39 is 5.97 Å². The van der Waals surface area contributed by atoms with Gasteiger partial charge in [-0.1, -0.05) is 12.5 Å². The van der Waals surface area contributed by atoms with Crippen molar-refractivity contribution in [2.45, 2.75) is 37.8 Å². The van der Waals surface area contributed by atoms with Crippen molar-refractivity contribution in [2.75, 3.05) is 5.32 Å². The number of ether oxygens (including phenoxy) is 1. The van der Waals surface area contributed by atoms with Crippen LogP contribution in [0.5, 0.6) is 5.75 Å². The summed E-state index contributed by atoms with van der Waals surface area (Å²) in [5.41, 5.74) is 1.06. The van der Waals surface area contributed by atoms with Crippen molar-refractivity contribution in [3.05, 3.63) is 23.8 Å². The monoisotopic (exact) mass is 233 g/mol. The van der Waals surface area contributed by atoms with Gasteiger partial charge in [-0.25, -0.2) is 4.79 Å². The van der Waals surface area contributed by atoms with Crippen molar-refractivity contribution >= 4 is 11.7 Å². The molecule has 2 atom stereocenters. The Morgan fingerprint density at radius 2 is 2.18 bits per heavy atom. The van der Waals surface area contributed by atoms with Crippen LogP contribution < -0.4 is 10.1 Å². The van der Waals surface area contributed by atoms with E-state index in [-0.39, 0.29) is 11.7 Å². The average Bonchev–Trinajstić information content (AvgIpc) is 2.35. The second kappa shape index (κ2) is 3.95. The number of para-hydroxylation sites is 1. The van der Waals surface area contributed by atoms with E-state index in [1.165, 1.54) is 6.42 Å². The summed E-state index contributed by atoms with van der Waals surface area (Å²) in [5, 5.41) is 12.5. The molecule has 1 aliphatic carbocycles. The third kappa shape index (κ3) is 1.73. The third-order valence-electron chi connectivity index (χ3n) is 3.56. The van der Waals surface area contributed by atoms with E-state index in [0.29, 0.717) is 11.8 Å². The van der Waals surface area contributed by atoms with Crippen LogP contribution in [0.1, 0.15) is 36.0 Å². The van der Waals surface area contributed by atoms with Crippen LogP contribution in [0.2, 0.25) is 0 Å². The summed E-state index contributed by atoms with van der Waals surface area (Å²) in [6.07, 6.45) is 4.60. The van der Waals surface area contributed by atoms with Crippen molar-refractivity contribution < 1.29 is 14.6 Å². The van der Waals surface area contributed by atoms with Gasteiger partial charge in [0.25, 0.3) is 0 Å². The molecule has 2 N–H and O–H groups in total. The van der Waals surface area contributed by atoms with E-state index in [1.54, 1.807) is 12.1 Å². The van der Waals surface area contributed by atoms with E-state index in [4.69, 9.17) is 9.84 Å². The third-order valence-corrected chi connectivity index (χ3v) is 3.56. The molecular formula is C13H15NO3. The predicted molar refractivity (Wildman–Crippen MR) is 63.7 cm³/mol. The molecule has 1 saturated carbocycles. The smallest absolute Gasteiger partial charge is 0.339 e. The summed E-state index contributed by atoms with van der Waals surface area (Å²) < 4.78 is 5.88. The van der Waals surface area contributed by atoms with Crippen LogP contribution >= 0.6 is 0 Å². The van der Waals surface area contributed by atoms with Crippen molar-refractivity contribution in [3.8, 4) is 5.75 Å². The van der Waals surface area contributed by atoms with Crippen molar-refractivity contribution in [1.82, 2.24) is 0 Å². The van der Waals surface area contributed by atoms with Crippen LogP contribution in [0, 0.1) is 0 Å². The molecule has 3 rings (SSSR count). The molecule has 2 unspecified atom stereocenters. The minimum Gasteiger partial charge on any atom is -0.485 e. The minimum atomic E-state index is -0.932. The first kappa shape index (κ1) is 10.4. The normalized spacial score (nSPS) is 26.1. The minimum absolute atomic E-state index is 0.122. The number of anilines is 1. The zero-order valence-corrected chi connectivity index (χ0v) is 9.48. The molecule has 1 aliphatic heterocycles. The molecule has 0 spiro atoms. The number of carboxylic acid groups (broad SMARTS) is 1. The number of nitrogens with one attached hydrogen (secondary N) is 1. The van der Waals surface area contributed by atoms with Crippen molar-refractivity contribution in [3.63, 3.8) is 0 Å². The Morgan fingerprint density at radius 1 is 1.35 bits per heavy atom. The fourth-order valence-corrected chi connectivity index (χ4v) is 2.70. The SMILES string of the molecule is O=C(O)c1cccc2c1OC1CCCCC1N2. The summed E-state index contributed by atoms with van der Waals surface area (Å²) in [4.78, 5) is 11.1. The molecule has 0 amide bonds. The number of hydrogen-bond acceptors (Lipinski definition) is 3. The summed E-state index contributed by atoms with van der Waals surface area (Å²) in [6.45, 7) is 0. The number of hydrogen-bond donors (Lipinski definition) is 2. The van der Waals surface area contributed by atoms with Gasteiger partial charge >= 0.3 is 5.97 Å². The second-order valence-electron chi connectivity index (χ2n) is 4.68. The first-order chi connectivity index (χ1) is 8.25. The van der Waals surface area contributed by atoms with Crippen LogP contribution in [0.4, 0.5) is 5.69 Å². The lowest BCUT2D eigenvalue weighted by Gasteiger charge is -2.38. The highest BCUT2D eigenvalue weighted by molar-refractivity contribution is 5.93. The van der Waals surface area contributed by atoms with Crippen molar-refractivity contribution in [1.29, 1.82) is 0 Å². The average molecular weight is 233 g/mol. The molecule has 0 aromatic heterocycles. The zero-order valence-electron chi connectivity index (χ0n) is 9.48. The van der Waals surface area contributed by atoms with Gasteiger partial charge in [0.1, 0.15) is 11.7 Å². The van der Waals surface area contributed by atoms with Crippen molar-refractivity contribution in [2.24, 2.45) is 0 Å². The molecule has 4 heteroatoms. The maximum Gasteiger partial charge on any atom is 0.339 e. The van der Waals surface area contributed by atoms with Crippen LogP contribution in [-0.4, -0.2) is 23.2 Å². The number of aromatic carboxylic acids is 1. The molecule has 1 aromatic carbocycles. The molecule has 0 saturated heterocycles. The first-order valence-electron chi connectivity index (χ1n) is 6.05. The lowest BCUT2D eigenvalue weighted by atomic mass is 9.90. The summed E-state index contributed by atoms with van der Waals surface area (Å²) >= 11 is 0. The highest BCUT2D eigenvalue weighted by atomic mass is 16.5. The Balaban J connectivity index is 1.99. The molecule has 1 heterocycles. The van der Waals surface area contributed by atoms with Gasteiger partial charge in [-0.15, -0.1) is 0 Å². The van der Waals surface area contributed by atoms with Gasteiger partial charge in [0.15, 0.2) is 5.75 Å². The molecule has 2 aliphatic rings. The van der Waals surface area contributed by atoms with Crippen LogP contribution in [-0.2, 0) is 0 Å². The number of carbonyl (C=O) groups is 1. The number of fused-ring (bicyclic) bond motifs is 2. The molecule has 4 nitrogen and oxygen atoms in total. The molecule has 1 aromatic rings. The predicted octanol–water partition coefficient (Wildman–Crippen LogP) is 2.50. The van der Waals surface area contributed by atoms with Gasteiger partial charge in [0, 0.05) is 0 Å². The van der Waals surface area contributed by atoms with Crippen LogP contribution in [0.3, 0.4) is 0 Å².